The number of imidazole rings is 1. The lowest BCUT2D eigenvalue weighted by Gasteiger charge is -2.35. The standard InChI is InChI=1S/C21H22F2N4O3/c22-15-4-5-20(18(23)11-15)29-13-17-12-19(25-30-17)21(28)27-8-2-1-3-16(27)6-9-26-10-7-24-14-26/h4-5,7,10-12,14,16H,1-3,6,8-9,13H2. The number of carbonyl (C=O) groups excluding carboxylic acids is 1. The number of aromatic nitrogens is 3. The van der Waals surface area contributed by atoms with Gasteiger partial charge in [0.2, 0.25) is 0 Å². The molecule has 1 unspecified atom stereocenters. The van der Waals surface area contributed by atoms with Gasteiger partial charge in [-0.15, -0.1) is 0 Å². The Hall–Kier alpha value is -3.23. The first-order valence-electron chi connectivity index (χ1n) is 9.90. The summed E-state index contributed by atoms with van der Waals surface area (Å²) in [4.78, 5) is 18.9. The maximum atomic E-state index is 13.7. The number of ether oxygens (including phenoxy) is 1. The fourth-order valence-corrected chi connectivity index (χ4v) is 3.66. The summed E-state index contributed by atoms with van der Waals surface area (Å²) < 4.78 is 39.1. The monoisotopic (exact) mass is 416 g/mol. The summed E-state index contributed by atoms with van der Waals surface area (Å²) in [5.41, 5.74) is 0.197. The van der Waals surface area contributed by atoms with Gasteiger partial charge >= 0.3 is 0 Å². The van der Waals surface area contributed by atoms with Crippen molar-refractivity contribution in [3.8, 4) is 5.75 Å². The molecule has 1 aliphatic rings. The van der Waals surface area contributed by atoms with E-state index in [0.29, 0.717) is 6.54 Å². The summed E-state index contributed by atoms with van der Waals surface area (Å²) in [6, 6.07) is 4.68. The van der Waals surface area contributed by atoms with E-state index < -0.39 is 11.6 Å². The van der Waals surface area contributed by atoms with Crippen LogP contribution in [0.15, 0.2) is 47.5 Å². The van der Waals surface area contributed by atoms with Crippen molar-refractivity contribution < 1.29 is 22.8 Å². The first kappa shape index (κ1) is 20.1. The molecule has 0 spiro atoms. The van der Waals surface area contributed by atoms with Crippen LogP contribution in [0.5, 0.6) is 5.75 Å². The number of hydrogen-bond donors (Lipinski definition) is 0. The molecule has 0 saturated carbocycles. The van der Waals surface area contributed by atoms with Crippen molar-refractivity contribution in [3.05, 3.63) is 66.1 Å². The Morgan fingerprint density at radius 1 is 1.27 bits per heavy atom. The summed E-state index contributed by atoms with van der Waals surface area (Å²) in [5.74, 6) is -1.49. The lowest BCUT2D eigenvalue weighted by molar-refractivity contribution is 0.0584. The SMILES string of the molecule is O=C(c1cc(COc2ccc(F)cc2F)on1)N1CCCCC1CCn1ccnc1. The fourth-order valence-electron chi connectivity index (χ4n) is 3.66. The molecule has 2 aromatic heterocycles. The predicted molar refractivity (Wildman–Crippen MR) is 103 cm³/mol. The summed E-state index contributed by atoms with van der Waals surface area (Å²) in [6.45, 7) is 1.34. The van der Waals surface area contributed by atoms with Crippen LogP contribution in [0.1, 0.15) is 41.9 Å². The average molecular weight is 416 g/mol. The molecule has 158 valence electrons. The largest absolute Gasteiger partial charge is 0.482 e. The third-order valence-corrected chi connectivity index (χ3v) is 5.21. The zero-order valence-electron chi connectivity index (χ0n) is 16.3. The minimum Gasteiger partial charge on any atom is -0.482 e. The van der Waals surface area contributed by atoms with E-state index in [4.69, 9.17) is 9.26 Å². The van der Waals surface area contributed by atoms with Gasteiger partial charge in [0, 0.05) is 43.7 Å². The molecule has 7 nitrogen and oxygen atoms in total. The maximum absolute atomic E-state index is 13.7. The minimum atomic E-state index is -0.806. The van der Waals surface area contributed by atoms with Gasteiger partial charge in [-0.1, -0.05) is 5.16 Å². The number of carbonyl (C=O) groups is 1. The molecule has 9 heteroatoms. The van der Waals surface area contributed by atoms with Crippen molar-refractivity contribution in [2.45, 2.75) is 44.9 Å². The summed E-state index contributed by atoms with van der Waals surface area (Å²) >= 11 is 0. The van der Waals surface area contributed by atoms with Crippen molar-refractivity contribution in [2.24, 2.45) is 0 Å². The molecule has 3 heterocycles. The van der Waals surface area contributed by atoms with Gasteiger partial charge in [0.25, 0.3) is 5.91 Å². The maximum Gasteiger partial charge on any atom is 0.276 e. The number of rotatable bonds is 7. The molecule has 4 rings (SSSR count). The molecule has 1 saturated heterocycles. The van der Waals surface area contributed by atoms with E-state index in [1.807, 2.05) is 15.7 Å². The molecule has 0 N–H and O–H groups in total. The Kier molecular flexibility index (Phi) is 6.06. The number of amides is 1. The number of benzene rings is 1. The molecule has 30 heavy (non-hydrogen) atoms. The highest BCUT2D eigenvalue weighted by molar-refractivity contribution is 5.92. The second-order valence-corrected chi connectivity index (χ2v) is 7.28. The molecule has 1 aromatic carbocycles. The van der Waals surface area contributed by atoms with Gasteiger partial charge in [-0.3, -0.25) is 4.79 Å². The van der Waals surface area contributed by atoms with Gasteiger partial charge < -0.3 is 18.7 Å². The molecule has 1 amide bonds. The van der Waals surface area contributed by atoms with E-state index in [0.717, 1.165) is 44.4 Å². The highest BCUT2D eigenvalue weighted by atomic mass is 19.1. The van der Waals surface area contributed by atoms with Crippen LogP contribution in [-0.4, -0.2) is 38.1 Å². The first-order valence-corrected chi connectivity index (χ1v) is 9.90. The van der Waals surface area contributed by atoms with Gasteiger partial charge in [-0.25, -0.2) is 13.8 Å². The van der Waals surface area contributed by atoms with Crippen LogP contribution in [0.3, 0.4) is 0 Å². The summed E-state index contributed by atoms with van der Waals surface area (Å²) in [5, 5.41) is 3.87. The zero-order chi connectivity index (χ0) is 20.9. The van der Waals surface area contributed by atoms with Crippen LogP contribution in [0.2, 0.25) is 0 Å². The van der Waals surface area contributed by atoms with Gasteiger partial charge in [-0.2, -0.15) is 0 Å². The van der Waals surface area contributed by atoms with Crippen molar-refractivity contribution in [3.63, 3.8) is 0 Å². The Morgan fingerprint density at radius 3 is 2.97 bits per heavy atom. The van der Waals surface area contributed by atoms with E-state index in [1.165, 1.54) is 12.1 Å². The smallest absolute Gasteiger partial charge is 0.276 e. The summed E-state index contributed by atoms with van der Waals surface area (Å²) in [6.07, 6.45) is 9.22. The Morgan fingerprint density at radius 2 is 2.17 bits per heavy atom. The van der Waals surface area contributed by atoms with Crippen LogP contribution in [0, 0.1) is 11.6 Å². The van der Waals surface area contributed by atoms with Gasteiger partial charge in [0.15, 0.2) is 23.0 Å². The Balaban J connectivity index is 1.38. The topological polar surface area (TPSA) is 73.4 Å². The Labute approximate surface area is 172 Å². The number of likely N-dealkylation sites (tertiary alicyclic amines) is 1. The second kappa shape index (κ2) is 9.06. The molecule has 3 aromatic rings. The van der Waals surface area contributed by atoms with E-state index in [9.17, 15) is 13.6 Å². The normalized spacial score (nSPS) is 16.6. The molecular weight excluding hydrogens is 394 g/mol. The quantitative estimate of drug-likeness (QED) is 0.586. The molecule has 0 radical (unpaired) electrons. The number of aryl methyl sites for hydroxylation is 1. The fraction of sp³-hybridized carbons (Fsp3) is 0.381. The minimum absolute atomic E-state index is 0.101. The predicted octanol–water partition coefficient (Wildman–Crippen LogP) is 3.81. The van der Waals surface area contributed by atoms with E-state index in [2.05, 4.69) is 10.1 Å². The van der Waals surface area contributed by atoms with Crippen molar-refractivity contribution >= 4 is 5.91 Å². The van der Waals surface area contributed by atoms with Crippen molar-refractivity contribution in [1.29, 1.82) is 0 Å². The van der Waals surface area contributed by atoms with Crippen LogP contribution in [0.4, 0.5) is 8.78 Å². The van der Waals surface area contributed by atoms with Crippen molar-refractivity contribution in [1.82, 2.24) is 19.6 Å². The molecule has 1 fully saturated rings. The lowest BCUT2D eigenvalue weighted by Crippen LogP contribution is -2.44. The average Bonchev–Trinajstić information content (AvgIpc) is 3.43. The van der Waals surface area contributed by atoms with E-state index >= 15 is 0 Å². The Bertz CT molecular complexity index is 990. The van der Waals surface area contributed by atoms with Gasteiger partial charge in [-0.05, 0) is 37.8 Å². The number of hydrogen-bond acceptors (Lipinski definition) is 5. The molecular formula is C21H22F2N4O3. The lowest BCUT2D eigenvalue weighted by atomic mass is 9.98. The molecule has 1 aliphatic heterocycles. The van der Waals surface area contributed by atoms with E-state index in [1.54, 1.807) is 12.5 Å². The van der Waals surface area contributed by atoms with Crippen molar-refractivity contribution in [2.75, 3.05) is 6.54 Å². The number of nitrogens with zero attached hydrogens (tertiary/aromatic N) is 4. The second-order valence-electron chi connectivity index (χ2n) is 7.28. The van der Waals surface area contributed by atoms with Crippen LogP contribution >= 0.6 is 0 Å². The summed E-state index contributed by atoms with van der Waals surface area (Å²) in [7, 11) is 0. The highest BCUT2D eigenvalue weighted by Crippen LogP contribution is 2.23. The first-order chi connectivity index (χ1) is 14.6. The number of piperidine rings is 1. The molecule has 0 bridgehead atoms. The molecule has 0 aliphatic carbocycles. The third-order valence-electron chi connectivity index (χ3n) is 5.21. The van der Waals surface area contributed by atoms with Gasteiger partial charge in [0.1, 0.15) is 12.4 Å². The molecule has 1 atom stereocenters. The van der Waals surface area contributed by atoms with E-state index in [-0.39, 0.29) is 35.8 Å². The zero-order valence-corrected chi connectivity index (χ0v) is 16.3. The number of halogens is 2. The van der Waals surface area contributed by atoms with Crippen LogP contribution < -0.4 is 4.74 Å². The third kappa shape index (κ3) is 4.67. The van der Waals surface area contributed by atoms with Crippen LogP contribution in [0.25, 0.3) is 0 Å². The van der Waals surface area contributed by atoms with Crippen LogP contribution in [-0.2, 0) is 13.2 Å². The highest BCUT2D eigenvalue weighted by Gasteiger charge is 2.29. The van der Waals surface area contributed by atoms with Gasteiger partial charge in [0.05, 0.1) is 6.33 Å².